The van der Waals surface area contributed by atoms with Gasteiger partial charge in [-0.3, -0.25) is 10.1 Å². The van der Waals surface area contributed by atoms with Crippen LogP contribution in [0.2, 0.25) is 0 Å². The van der Waals surface area contributed by atoms with Crippen LogP contribution in [-0.4, -0.2) is 24.7 Å². The van der Waals surface area contributed by atoms with Crippen LogP contribution in [0.1, 0.15) is 48.1 Å². The molecule has 5 aromatic rings. The van der Waals surface area contributed by atoms with Crippen molar-refractivity contribution < 1.29 is 5.11 Å². The second-order valence-corrected chi connectivity index (χ2v) is 10.1. The van der Waals surface area contributed by atoms with Gasteiger partial charge in [0.2, 0.25) is 0 Å². The van der Waals surface area contributed by atoms with E-state index in [4.69, 9.17) is 0 Å². The molecule has 3 heterocycles. The van der Waals surface area contributed by atoms with Crippen LogP contribution >= 0.6 is 0 Å². The molecule has 0 amide bonds. The molecule has 3 aromatic heterocycles. The van der Waals surface area contributed by atoms with E-state index in [1.807, 2.05) is 0 Å². The quantitative estimate of drug-likeness (QED) is 0.312. The molecule has 2 aliphatic rings. The largest absolute Gasteiger partial charge is 0.374 e. The van der Waals surface area contributed by atoms with Gasteiger partial charge in [-0.15, -0.1) is 0 Å². The second-order valence-electron chi connectivity index (χ2n) is 10.1. The Labute approximate surface area is 207 Å². The number of nitrogens with one attached hydrogen (secondary N) is 2. The summed E-state index contributed by atoms with van der Waals surface area (Å²) in [6.45, 7) is 0.429. The number of aliphatic hydroxyl groups is 1. The van der Waals surface area contributed by atoms with Crippen LogP contribution in [0.15, 0.2) is 78.0 Å². The van der Waals surface area contributed by atoms with E-state index in [2.05, 4.69) is 68.9 Å². The van der Waals surface area contributed by atoms with Gasteiger partial charge in [-0.25, -0.2) is 4.98 Å². The van der Waals surface area contributed by atoms with Crippen LogP contribution in [0.5, 0.6) is 0 Å². The molecule has 7 heteroatoms. The molecule has 7 rings (SSSR count). The highest BCUT2D eigenvalue weighted by Crippen LogP contribution is 2.58. The monoisotopic (exact) mass is 477 g/mol. The van der Waals surface area contributed by atoms with Gasteiger partial charge in [0, 0.05) is 25.0 Å². The molecular weight excluding hydrogens is 450 g/mol. The number of benzene rings is 2. The molecular formula is C29H27N5O2. The van der Waals surface area contributed by atoms with Crippen LogP contribution in [0.3, 0.4) is 0 Å². The molecule has 0 radical (unpaired) electrons. The maximum atomic E-state index is 13.0. The zero-order chi connectivity index (χ0) is 24.2. The summed E-state index contributed by atoms with van der Waals surface area (Å²) in [6, 6.07) is 19.1. The Kier molecular flexibility index (Phi) is 5.01. The fourth-order valence-corrected chi connectivity index (χ4v) is 5.92. The zero-order valence-electron chi connectivity index (χ0n) is 19.8. The molecule has 0 bridgehead atoms. The lowest BCUT2D eigenvalue weighted by molar-refractivity contribution is 0.0216. The Hall–Kier alpha value is -3.81. The van der Waals surface area contributed by atoms with E-state index in [9.17, 15) is 9.90 Å². The number of aliphatic hydroxyl groups excluding tert-OH is 1. The van der Waals surface area contributed by atoms with Crippen molar-refractivity contribution >= 4 is 16.7 Å². The first kappa shape index (κ1) is 21.5. The second kappa shape index (κ2) is 8.40. The minimum absolute atomic E-state index is 0.243. The molecule has 3 N–H and O–H groups in total. The van der Waals surface area contributed by atoms with E-state index >= 15 is 0 Å². The summed E-state index contributed by atoms with van der Waals surface area (Å²) in [5, 5.41) is 18.3. The average Bonchev–Trinajstić information content (AvgIpc) is 3.39. The van der Waals surface area contributed by atoms with Crippen LogP contribution in [-0.2, 0) is 6.54 Å². The Morgan fingerprint density at radius 2 is 1.83 bits per heavy atom. The molecule has 4 unspecified atom stereocenters. The van der Waals surface area contributed by atoms with Crippen molar-refractivity contribution in [3.8, 4) is 11.1 Å². The van der Waals surface area contributed by atoms with Crippen LogP contribution < -0.4 is 10.7 Å². The zero-order valence-corrected chi connectivity index (χ0v) is 19.8. The first-order valence-electron chi connectivity index (χ1n) is 12.6. The standard InChI is InChI=1S/C29H27N5O2/c35-27-24-15-30-26-11-12-33-34(26)28(24)31-16-25(27)29(36)32-14-17-1-3-18(4-2-17)19-5-7-20(8-6-19)23-13-21-9-10-22(21)23/h1-8,11-12,15-16,21-23,29,32,36H,9-10,13-14H2,(H,31,35). The lowest BCUT2D eigenvalue weighted by atomic mass is 9.52. The summed E-state index contributed by atoms with van der Waals surface area (Å²) in [6.07, 6.45) is 7.77. The highest BCUT2D eigenvalue weighted by atomic mass is 16.3. The Balaban J connectivity index is 1.03. The number of aromatic nitrogens is 4. The van der Waals surface area contributed by atoms with E-state index in [1.165, 1.54) is 48.3 Å². The van der Waals surface area contributed by atoms with E-state index < -0.39 is 6.23 Å². The summed E-state index contributed by atoms with van der Waals surface area (Å²) in [7, 11) is 0. The summed E-state index contributed by atoms with van der Waals surface area (Å²) < 4.78 is 1.58. The number of rotatable bonds is 6. The van der Waals surface area contributed by atoms with Crippen molar-refractivity contribution in [2.75, 3.05) is 0 Å². The van der Waals surface area contributed by atoms with Gasteiger partial charge in [0.1, 0.15) is 11.9 Å². The van der Waals surface area contributed by atoms with E-state index in [0.717, 1.165) is 23.3 Å². The number of hydrogen-bond acceptors (Lipinski definition) is 5. The van der Waals surface area contributed by atoms with Gasteiger partial charge in [-0.1, -0.05) is 48.5 Å². The van der Waals surface area contributed by atoms with Gasteiger partial charge in [0.15, 0.2) is 11.1 Å². The molecule has 0 aliphatic heterocycles. The average molecular weight is 478 g/mol. The predicted octanol–water partition coefficient (Wildman–Crippen LogP) is 4.53. The molecule has 7 nitrogen and oxygen atoms in total. The maximum Gasteiger partial charge on any atom is 0.199 e. The Morgan fingerprint density at radius 3 is 2.53 bits per heavy atom. The molecule has 36 heavy (non-hydrogen) atoms. The van der Waals surface area contributed by atoms with Gasteiger partial charge in [0.05, 0.1) is 17.1 Å². The van der Waals surface area contributed by atoms with Gasteiger partial charge < -0.3 is 10.1 Å². The predicted molar refractivity (Wildman–Crippen MR) is 138 cm³/mol. The summed E-state index contributed by atoms with van der Waals surface area (Å²) in [5.74, 6) is 2.71. The summed E-state index contributed by atoms with van der Waals surface area (Å²) in [4.78, 5) is 20.3. The molecule has 2 aliphatic carbocycles. The lowest BCUT2D eigenvalue weighted by Gasteiger charge is -2.53. The minimum Gasteiger partial charge on any atom is -0.374 e. The summed E-state index contributed by atoms with van der Waals surface area (Å²) >= 11 is 0. The number of H-pyrrole nitrogens is 1. The molecule has 4 atom stereocenters. The number of aromatic amines is 1. The lowest BCUT2D eigenvalue weighted by Crippen LogP contribution is -2.42. The molecule has 180 valence electrons. The normalized spacial score (nSPS) is 21.6. The van der Waals surface area contributed by atoms with Crippen LogP contribution in [0, 0.1) is 11.8 Å². The fraction of sp³-hybridized carbons (Fsp3) is 0.276. The first-order valence-corrected chi connectivity index (χ1v) is 12.6. The third-order valence-corrected chi connectivity index (χ3v) is 8.26. The highest BCUT2D eigenvalue weighted by Gasteiger charge is 2.47. The number of fused-ring (bicyclic) bond motifs is 4. The van der Waals surface area contributed by atoms with Gasteiger partial charge in [-0.2, -0.15) is 9.61 Å². The molecule has 0 spiro atoms. The minimum atomic E-state index is -1.11. The smallest absolute Gasteiger partial charge is 0.199 e. The summed E-state index contributed by atoms with van der Waals surface area (Å²) in [5.41, 5.74) is 6.06. The van der Waals surface area contributed by atoms with Crippen molar-refractivity contribution in [2.24, 2.45) is 11.8 Å². The molecule has 2 saturated carbocycles. The number of nitrogens with zero attached hydrogens (tertiary/aromatic N) is 3. The molecule has 0 saturated heterocycles. The number of pyridine rings is 1. The third kappa shape index (κ3) is 3.46. The fourth-order valence-electron chi connectivity index (χ4n) is 5.92. The Bertz CT molecular complexity index is 1620. The van der Waals surface area contributed by atoms with E-state index in [1.54, 1.807) is 16.8 Å². The number of hydrogen-bond donors (Lipinski definition) is 3. The van der Waals surface area contributed by atoms with Gasteiger partial charge >= 0.3 is 0 Å². The highest BCUT2D eigenvalue weighted by molar-refractivity contribution is 5.76. The van der Waals surface area contributed by atoms with Crippen molar-refractivity contribution in [1.82, 2.24) is 24.9 Å². The van der Waals surface area contributed by atoms with E-state index in [0.29, 0.717) is 23.2 Å². The van der Waals surface area contributed by atoms with Crippen LogP contribution in [0.4, 0.5) is 0 Å². The SMILES string of the molecule is O=c1c(C(O)NCc2ccc(-c3ccc(C4CC5CCC54)cc3)cc2)c[nH]c2c1cnc1ccnn12. The third-order valence-electron chi connectivity index (χ3n) is 8.26. The van der Waals surface area contributed by atoms with Crippen molar-refractivity contribution in [3.05, 3.63) is 100 Å². The van der Waals surface area contributed by atoms with E-state index in [-0.39, 0.29) is 11.0 Å². The van der Waals surface area contributed by atoms with Crippen molar-refractivity contribution in [3.63, 3.8) is 0 Å². The molecule has 2 fully saturated rings. The van der Waals surface area contributed by atoms with Gasteiger partial charge in [0.25, 0.3) is 0 Å². The van der Waals surface area contributed by atoms with Crippen molar-refractivity contribution in [1.29, 1.82) is 0 Å². The first-order chi connectivity index (χ1) is 17.7. The van der Waals surface area contributed by atoms with Gasteiger partial charge in [-0.05, 0) is 59.3 Å². The molecule has 2 aromatic carbocycles. The topological polar surface area (TPSA) is 95.3 Å². The Morgan fingerprint density at radius 1 is 1.06 bits per heavy atom. The maximum absolute atomic E-state index is 13.0. The van der Waals surface area contributed by atoms with Crippen molar-refractivity contribution in [2.45, 2.75) is 38.0 Å². The van der Waals surface area contributed by atoms with Crippen LogP contribution in [0.25, 0.3) is 27.8 Å².